The summed E-state index contributed by atoms with van der Waals surface area (Å²) in [6.07, 6.45) is 0.212. The van der Waals surface area contributed by atoms with Crippen molar-refractivity contribution >= 4 is 17.6 Å². The summed E-state index contributed by atoms with van der Waals surface area (Å²) in [6, 6.07) is 4.21. The Kier molecular flexibility index (Phi) is 4.53. The number of carboxylic acid groups (broad SMARTS) is 1. The van der Waals surface area contributed by atoms with Crippen LogP contribution in [0.5, 0.6) is 5.75 Å². The number of carbonyl (C=O) groups excluding carboxylic acids is 1. The first kappa shape index (κ1) is 13.8. The van der Waals surface area contributed by atoms with E-state index in [9.17, 15) is 9.59 Å². The molecule has 0 unspecified atom stereocenters. The van der Waals surface area contributed by atoms with Crippen molar-refractivity contribution in [1.29, 1.82) is 0 Å². The van der Waals surface area contributed by atoms with Crippen LogP contribution in [0.1, 0.15) is 16.8 Å². The number of amides is 1. The monoisotopic (exact) mass is 252 g/mol. The molecule has 6 nitrogen and oxygen atoms in total. The van der Waals surface area contributed by atoms with E-state index < -0.39 is 5.97 Å². The van der Waals surface area contributed by atoms with Gasteiger partial charge in [-0.2, -0.15) is 0 Å². The van der Waals surface area contributed by atoms with E-state index in [1.807, 2.05) is 0 Å². The molecule has 0 aliphatic rings. The Labute approximate surface area is 105 Å². The lowest BCUT2D eigenvalue weighted by atomic mass is 10.2. The molecule has 1 amide bonds. The molecule has 1 aromatic rings. The van der Waals surface area contributed by atoms with E-state index in [1.165, 1.54) is 23.1 Å². The summed E-state index contributed by atoms with van der Waals surface area (Å²) < 4.78 is 5.31. The molecule has 0 bridgehead atoms. The maximum Gasteiger partial charge on any atom is 0.335 e. The first-order valence-corrected chi connectivity index (χ1v) is 5.37. The van der Waals surface area contributed by atoms with E-state index in [-0.39, 0.29) is 30.2 Å². The SMILES string of the molecule is CN(C)C(=O)CCOc1cc(C(=O)O)ccc1N. The number of aromatic carboxylic acids is 1. The first-order valence-electron chi connectivity index (χ1n) is 5.37. The van der Waals surface area contributed by atoms with Crippen LogP contribution in [0.25, 0.3) is 0 Å². The minimum Gasteiger partial charge on any atom is -0.491 e. The number of hydrogen-bond acceptors (Lipinski definition) is 4. The van der Waals surface area contributed by atoms with Crippen molar-refractivity contribution in [2.75, 3.05) is 26.4 Å². The second-order valence-corrected chi connectivity index (χ2v) is 3.94. The van der Waals surface area contributed by atoms with Gasteiger partial charge >= 0.3 is 5.97 Å². The standard InChI is InChI=1S/C12H16N2O4/c1-14(2)11(15)5-6-18-10-7-8(12(16)17)3-4-9(10)13/h3-4,7H,5-6,13H2,1-2H3,(H,16,17). The summed E-state index contributed by atoms with van der Waals surface area (Å²) in [7, 11) is 3.31. The number of ether oxygens (including phenoxy) is 1. The lowest BCUT2D eigenvalue weighted by Gasteiger charge is -2.12. The fourth-order valence-corrected chi connectivity index (χ4v) is 1.26. The molecular weight excluding hydrogens is 236 g/mol. The summed E-state index contributed by atoms with van der Waals surface area (Å²) in [4.78, 5) is 23.6. The maximum absolute atomic E-state index is 11.3. The van der Waals surface area contributed by atoms with Crippen LogP contribution in [-0.2, 0) is 4.79 Å². The summed E-state index contributed by atoms with van der Waals surface area (Å²) >= 11 is 0. The van der Waals surface area contributed by atoms with Gasteiger partial charge in [-0.05, 0) is 18.2 Å². The average Bonchev–Trinajstić information content (AvgIpc) is 2.30. The van der Waals surface area contributed by atoms with Gasteiger partial charge in [0, 0.05) is 14.1 Å². The Balaban J connectivity index is 2.64. The molecule has 0 atom stereocenters. The molecule has 18 heavy (non-hydrogen) atoms. The highest BCUT2D eigenvalue weighted by atomic mass is 16.5. The third-order valence-electron chi connectivity index (χ3n) is 2.33. The molecule has 0 heterocycles. The average molecular weight is 252 g/mol. The van der Waals surface area contributed by atoms with Crippen LogP contribution in [0.15, 0.2) is 18.2 Å². The number of nitrogens with zero attached hydrogens (tertiary/aromatic N) is 1. The highest BCUT2D eigenvalue weighted by molar-refractivity contribution is 5.89. The second kappa shape index (κ2) is 5.90. The molecule has 0 aliphatic carbocycles. The molecule has 6 heteroatoms. The molecule has 0 aliphatic heterocycles. The molecule has 0 aromatic heterocycles. The van der Waals surface area contributed by atoms with Gasteiger partial charge in [-0.15, -0.1) is 0 Å². The fraction of sp³-hybridized carbons (Fsp3) is 0.333. The van der Waals surface area contributed by atoms with Crippen molar-refractivity contribution in [3.8, 4) is 5.75 Å². The van der Waals surface area contributed by atoms with Crippen LogP contribution in [0.3, 0.4) is 0 Å². The quantitative estimate of drug-likeness (QED) is 0.757. The van der Waals surface area contributed by atoms with Crippen LogP contribution >= 0.6 is 0 Å². The predicted octanol–water partition coefficient (Wildman–Crippen LogP) is 0.824. The third kappa shape index (κ3) is 3.65. The van der Waals surface area contributed by atoms with Gasteiger partial charge in [-0.25, -0.2) is 4.79 Å². The third-order valence-corrected chi connectivity index (χ3v) is 2.33. The van der Waals surface area contributed by atoms with Crippen LogP contribution < -0.4 is 10.5 Å². The maximum atomic E-state index is 11.3. The summed E-state index contributed by atoms with van der Waals surface area (Å²) in [6.45, 7) is 0.157. The Morgan fingerprint density at radius 1 is 1.39 bits per heavy atom. The number of carboxylic acids is 1. The zero-order valence-electron chi connectivity index (χ0n) is 10.3. The summed E-state index contributed by atoms with van der Waals surface area (Å²) in [5, 5.41) is 8.83. The molecule has 98 valence electrons. The van der Waals surface area contributed by atoms with Crippen molar-refractivity contribution in [2.24, 2.45) is 0 Å². The molecule has 3 N–H and O–H groups in total. The van der Waals surface area contributed by atoms with Gasteiger partial charge in [0.25, 0.3) is 0 Å². The van der Waals surface area contributed by atoms with Gasteiger partial charge < -0.3 is 20.5 Å². The van der Waals surface area contributed by atoms with E-state index in [0.29, 0.717) is 5.69 Å². The Morgan fingerprint density at radius 3 is 2.61 bits per heavy atom. The topological polar surface area (TPSA) is 92.9 Å². The van der Waals surface area contributed by atoms with Gasteiger partial charge in [0.05, 0.1) is 24.3 Å². The van der Waals surface area contributed by atoms with E-state index in [4.69, 9.17) is 15.6 Å². The summed E-state index contributed by atoms with van der Waals surface area (Å²) in [5.74, 6) is -0.839. The second-order valence-electron chi connectivity index (χ2n) is 3.94. The minimum atomic E-state index is -1.05. The Morgan fingerprint density at radius 2 is 2.06 bits per heavy atom. The fourth-order valence-electron chi connectivity index (χ4n) is 1.26. The van der Waals surface area contributed by atoms with Crippen molar-refractivity contribution in [3.05, 3.63) is 23.8 Å². The molecule has 0 fully saturated rings. The van der Waals surface area contributed by atoms with Crippen molar-refractivity contribution in [2.45, 2.75) is 6.42 Å². The molecule has 0 saturated heterocycles. The van der Waals surface area contributed by atoms with Crippen molar-refractivity contribution in [1.82, 2.24) is 4.90 Å². The normalized spacial score (nSPS) is 9.89. The van der Waals surface area contributed by atoms with E-state index in [2.05, 4.69) is 0 Å². The lowest BCUT2D eigenvalue weighted by Crippen LogP contribution is -2.23. The van der Waals surface area contributed by atoms with Crippen molar-refractivity contribution < 1.29 is 19.4 Å². The lowest BCUT2D eigenvalue weighted by molar-refractivity contribution is -0.129. The Bertz CT molecular complexity index is 457. The van der Waals surface area contributed by atoms with Gasteiger partial charge in [0.15, 0.2) is 0 Å². The zero-order valence-corrected chi connectivity index (χ0v) is 10.3. The predicted molar refractivity (Wildman–Crippen MR) is 66.6 cm³/mol. The number of nitrogens with two attached hydrogens (primary N) is 1. The Hall–Kier alpha value is -2.24. The molecule has 1 rings (SSSR count). The van der Waals surface area contributed by atoms with Crippen LogP contribution in [0, 0.1) is 0 Å². The molecule has 0 spiro atoms. The molecular formula is C12H16N2O4. The van der Waals surface area contributed by atoms with E-state index in [1.54, 1.807) is 14.1 Å². The van der Waals surface area contributed by atoms with Crippen LogP contribution in [0.2, 0.25) is 0 Å². The largest absolute Gasteiger partial charge is 0.491 e. The number of rotatable bonds is 5. The molecule has 0 saturated carbocycles. The van der Waals surface area contributed by atoms with E-state index >= 15 is 0 Å². The smallest absolute Gasteiger partial charge is 0.335 e. The highest BCUT2D eigenvalue weighted by Crippen LogP contribution is 2.22. The number of anilines is 1. The number of nitrogen functional groups attached to an aromatic ring is 1. The minimum absolute atomic E-state index is 0.0667. The molecule has 0 radical (unpaired) electrons. The van der Waals surface area contributed by atoms with E-state index in [0.717, 1.165) is 0 Å². The van der Waals surface area contributed by atoms with Crippen molar-refractivity contribution in [3.63, 3.8) is 0 Å². The number of hydrogen-bond donors (Lipinski definition) is 2. The van der Waals surface area contributed by atoms with Gasteiger partial charge in [0.2, 0.25) is 5.91 Å². The van der Waals surface area contributed by atoms with Gasteiger partial charge in [0.1, 0.15) is 5.75 Å². The molecule has 1 aromatic carbocycles. The highest BCUT2D eigenvalue weighted by Gasteiger charge is 2.09. The van der Waals surface area contributed by atoms with Gasteiger partial charge in [-0.1, -0.05) is 0 Å². The summed E-state index contributed by atoms with van der Waals surface area (Å²) in [5.41, 5.74) is 6.09. The number of benzene rings is 1. The van der Waals surface area contributed by atoms with Crippen LogP contribution in [-0.4, -0.2) is 42.6 Å². The van der Waals surface area contributed by atoms with Gasteiger partial charge in [-0.3, -0.25) is 4.79 Å². The number of carbonyl (C=O) groups is 2. The first-order chi connectivity index (χ1) is 8.41. The van der Waals surface area contributed by atoms with Crippen LogP contribution in [0.4, 0.5) is 5.69 Å². The zero-order chi connectivity index (χ0) is 13.7.